The van der Waals surface area contributed by atoms with Crippen LogP contribution in [0.25, 0.3) is 0 Å². The van der Waals surface area contributed by atoms with Gasteiger partial charge in [0.15, 0.2) is 0 Å². The second kappa shape index (κ2) is 8.63. The van der Waals surface area contributed by atoms with Crippen molar-refractivity contribution in [1.29, 1.82) is 0 Å². The number of nitrogens with one attached hydrogen (secondary N) is 1. The zero-order chi connectivity index (χ0) is 20.4. The Balaban J connectivity index is 2.01. The quantitative estimate of drug-likeness (QED) is 0.486. The monoisotopic (exact) mass is 447 g/mol. The van der Waals surface area contributed by atoms with Crippen LogP contribution in [0.2, 0.25) is 0 Å². The normalized spacial score (nSPS) is 30.2. The maximum Gasteiger partial charge on any atom is 0.395 e. The summed E-state index contributed by atoms with van der Waals surface area (Å²) in [7, 11) is -3.51. The largest absolute Gasteiger partial charge is 0.422 e. The first-order chi connectivity index (χ1) is 13.3. The number of ketones is 1. The van der Waals surface area contributed by atoms with Crippen LogP contribution in [0.5, 0.6) is 5.75 Å². The number of nitrogens with zero attached hydrogens (tertiary/aromatic N) is 2. The Hall–Kier alpha value is -0.620. The van der Waals surface area contributed by atoms with Gasteiger partial charge in [-0.15, -0.1) is 23.2 Å². The lowest BCUT2D eigenvalue weighted by atomic mass is 9.66. The summed E-state index contributed by atoms with van der Waals surface area (Å²) in [5.74, 6) is 1.36. The fourth-order valence-electron chi connectivity index (χ4n) is 4.27. The Morgan fingerprint density at radius 2 is 1.64 bits per heavy atom. The van der Waals surface area contributed by atoms with Crippen molar-refractivity contribution in [2.45, 2.75) is 13.8 Å². The highest BCUT2D eigenvalue weighted by atomic mass is 35.5. The van der Waals surface area contributed by atoms with E-state index in [4.69, 9.17) is 27.7 Å². The Morgan fingerprint density at radius 1 is 1.11 bits per heavy atom. The van der Waals surface area contributed by atoms with E-state index in [9.17, 15) is 9.36 Å². The number of fused-ring (bicyclic) bond motifs is 2. The summed E-state index contributed by atoms with van der Waals surface area (Å²) >= 11 is 12.0. The van der Waals surface area contributed by atoms with Crippen LogP contribution in [0.4, 0.5) is 0 Å². The molecule has 28 heavy (non-hydrogen) atoms. The van der Waals surface area contributed by atoms with Crippen molar-refractivity contribution in [2.24, 2.45) is 10.8 Å². The van der Waals surface area contributed by atoms with E-state index in [1.54, 1.807) is 16.8 Å². The topological polar surface area (TPSA) is 61.9 Å². The van der Waals surface area contributed by atoms with Crippen LogP contribution in [0.1, 0.15) is 13.8 Å². The summed E-state index contributed by atoms with van der Waals surface area (Å²) < 4.78 is 24.2. The minimum absolute atomic E-state index is 0.225. The molecule has 3 atom stereocenters. The minimum Gasteiger partial charge on any atom is -0.422 e. The van der Waals surface area contributed by atoms with E-state index in [1.165, 1.54) is 0 Å². The maximum atomic E-state index is 14.4. The molecule has 1 unspecified atom stereocenters. The number of hydrogen-bond acceptors (Lipinski definition) is 4. The third-order valence-corrected chi connectivity index (χ3v) is 8.46. The summed E-state index contributed by atoms with van der Waals surface area (Å²) in [6, 6.07) is 9.13. The fourth-order valence-corrected chi connectivity index (χ4v) is 7.59. The lowest BCUT2D eigenvalue weighted by Gasteiger charge is -2.53. The summed E-state index contributed by atoms with van der Waals surface area (Å²) in [4.78, 5) is 13.1. The molecule has 6 nitrogen and oxygen atoms in total. The van der Waals surface area contributed by atoms with Gasteiger partial charge in [-0.2, -0.15) is 0 Å². The molecule has 2 heterocycles. The van der Waals surface area contributed by atoms with Gasteiger partial charge in [0.25, 0.3) is 0 Å². The smallest absolute Gasteiger partial charge is 0.395 e. The van der Waals surface area contributed by atoms with Crippen molar-refractivity contribution in [3.63, 3.8) is 0 Å². The third-order valence-electron chi connectivity index (χ3n) is 5.56. The lowest BCUT2D eigenvalue weighted by Crippen LogP contribution is -2.67. The van der Waals surface area contributed by atoms with Gasteiger partial charge in [-0.25, -0.2) is 13.9 Å². The number of benzene rings is 1. The van der Waals surface area contributed by atoms with Gasteiger partial charge in [0.1, 0.15) is 11.5 Å². The van der Waals surface area contributed by atoms with Crippen molar-refractivity contribution in [1.82, 2.24) is 14.7 Å². The molecule has 9 heteroatoms. The Bertz CT molecular complexity index is 725. The molecule has 1 N–H and O–H groups in total. The van der Waals surface area contributed by atoms with Gasteiger partial charge in [-0.1, -0.05) is 32.0 Å². The van der Waals surface area contributed by atoms with Crippen molar-refractivity contribution in [2.75, 3.05) is 51.0 Å². The third kappa shape index (κ3) is 4.14. The van der Waals surface area contributed by atoms with Gasteiger partial charge in [-0.05, 0) is 12.1 Å². The molecule has 1 aromatic carbocycles. The first-order valence-electron chi connectivity index (χ1n) is 9.50. The van der Waals surface area contributed by atoms with Crippen molar-refractivity contribution in [3.8, 4) is 5.75 Å². The van der Waals surface area contributed by atoms with Crippen LogP contribution in [-0.4, -0.2) is 66.2 Å². The standard InChI is InChI=1S/C19H28Cl2N3O3P/c1-18-12-22-13-19(2,17(18)25)15-24(14-18)28(26,23(10-8-20)11-9-21)27-16-6-4-3-5-7-16/h3-7,22H,8-15H2,1-2H3/t18-,19+,28?. The molecule has 2 fully saturated rings. The molecular formula is C19H28Cl2N3O3P. The average molecular weight is 448 g/mol. The zero-order valence-electron chi connectivity index (χ0n) is 16.4. The van der Waals surface area contributed by atoms with Gasteiger partial charge in [-0.3, -0.25) is 4.79 Å². The Kier molecular flexibility index (Phi) is 6.80. The Morgan fingerprint density at radius 3 is 2.14 bits per heavy atom. The van der Waals surface area contributed by atoms with Crippen LogP contribution in [0.15, 0.2) is 30.3 Å². The number of carbonyl (C=O) groups excluding carboxylic acids is 1. The van der Waals surface area contributed by atoms with Crippen LogP contribution < -0.4 is 9.84 Å². The van der Waals surface area contributed by atoms with Crippen LogP contribution in [0, 0.1) is 10.8 Å². The molecule has 2 bridgehead atoms. The number of carbonyl (C=O) groups is 1. The molecule has 0 saturated carbocycles. The molecule has 0 amide bonds. The highest BCUT2D eigenvalue weighted by Gasteiger charge is 2.58. The number of rotatable bonds is 8. The van der Waals surface area contributed by atoms with Gasteiger partial charge < -0.3 is 9.84 Å². The zero-order valence-corrected chi connectivity index (χ0v) is 18.8. The van der Waals surface area contributed by atoms with E-state index in [-0.39, 0.29) is 5.78 Å². The van der Waals surface area contributed by atoms with Gasteiger partial charge in [0.2, 0.25) is 0 Å². The van der Waals surface area contributed by atoms with E-state index in [2.05, 4.69) is 5.32 Å². The van der Waals surface area contributed by atoms with E-state index < -0.39 is 18.5 Å². The lowest BCUT2D eigenvalue weighted by molar-refractivity contribution is -0.146. The molecule has 3 rings (SSSR count). The molecule has 2 aliphatic rings. The SMILES string of the molecule is C[C@]12CNC[C@](C)(CN(P(=O)(Oc3ccccc3)N(CCCl)CCCl)C1)C2=O. The predicted octanol–water partition coefficient (Wildman–Crippen LogP) is 3.45. The van der Waals surface area contributed by atoms with E-state index in [0.29, 0.717) is 56.8 Å². The van der Waals surface area contributed by atoms with Gasteiger partial charge in [0.05, 0.1) is 10.8 Å². The number of Topliss-reactive ketones (excluding diaryl/α,β-unsaturated/α-hetero) is 1. The molecule has 156 valence electrons. The van der Waals surface area contributed by atoms with E-state index in [0.717, 1.165) is 0 Å². The molecule has 0 radical (unpaired) electrons. The minimum atomic E-state index is -3.51. The number of para-hydroxylation sites is 1. The highest BCUT2D eigenvalue weighted by molar-refractivity contribution is 7.54. The highest BCUT2D eigenvalue weighted by Crippen LogP contribution is 2.58. The first-order valence-corrected chi connectivity index (χ1v) is 12.1. The number of hydrogen-bond donors (Lipinski definition) is 1. The second-order valence-corrected chi connectivity index (χ2v) is 11.2. The van der Waals surface area contributed by atoms with Crippen LogP contribution >= 0.6 is 30.9 Å². The fraction of sp³-hybridized carbons (Fsp3) is 0.632. The van der Waals surface area contributed by atoms with E-state index >= 15 is 0 Å². The molecule has 2 aliphatic heterocycles. The average Bonchev–Trinajstić information content (AvgIpc) is 2.65. The molecule has 1 aromatic rings. The molecule has 0 spiro atoms. The number of halogens is 2. The van der Waals surface area contributed by atoms with Crippen molar-refractivity contribution < 1.29 is 13.9 Å². The summed E-state index contributed by atoms with van der Waals surface area (Å²) in [6.45, 7) is 6.49. The first kappa shape index (κ1) is 22.1. The van der Waals surface area contributed by atoms with Crippen molar-refractivity contribution in [3.05, 3.63) is 30.3 Å². The number of piperidine rings is 2. The van der Waals surface area contributed by atoms with Crippen LogP contribution in [-0.2, 0) is 9.36 Å². The van der Waals surface area contributed by atoms with Gasteiger partial charge in [0, 0.05) is 51.0 Å². The molecule has 0 aromatic heterocycles. The predicted molar refractivity (Wildman–Crippen MR) is 113 cm³/mol. The van der Waals surface area contributed by atoms with E-state index in [1.807, 2.05) is 36.7 Å². The second-order valence-electron chi connectivity index (χ2n) is 8.10. The molecular weight excluding hydrogens is 420 g/mol. The molecule has 0 aliphatic carbocycles. The Labute approximate surface area is 177 Å². The summed E-state index contributed by atoms with van der Waals surface area (Å²) in [6.07, 6.45) is 0. The van der Waals surface area contributed by atoms with Crippen molar-refractivity contribution >= 4 is 36.7 Å². The van der Waals surface area contributed by atoms with Gasteiger partial charge >= 0.3 is 7.67 Å². The summed E-state index contributed by atoms with van der Waals surface area (Å²) in [5, 5.41) is 3.37. The summed E-state index contributed by atoms with van der Waals surface area (Å²) in [5.41, 5.74) is -1.23. The molecule has 2 saturated heterocycles. The van der Waals surface area contributed by atoms with Crippen LogP contribution in [0.3, 0.4) is 0 Å². The maximum absolute atomic E-state index is 14.4. The number of alkyl halides is 2.